The van der Waals surface area contributed by atoms with Gasteiger partial charge in [-0.05, 0) is 41.5 Å². The van der Waals surface area contributed by atoms with Crippen LogP contribution in [0.2, 0.25) is 0 Å². The summed E-state index contributed by atoms with van der Waals surface area (Å²) >= 11 is 0. The average Bonchev–Trinajstić information content (AvgIpc) is 2.59. The highest BCUT2D eigenvalue weighted by molar-refractivity contribution is 5.91. The molecule has 0 saturated carbocycles. The number of carbonyl (C=O) groups is 1. The van der Waals surface area contributed by atoms with Crippen molar-refractivity contribution in [2.45, 2.75) is 6.54 Å². The number of carbonyl (C=O) groups excluding carboxylic acids is 1. The second-order valence-corrected chi connectivity index (χ2v) is 4.83. The highest BCUT2D eigenvalue weighted by atomic mass is 16.5. The van der Waals surface area contributed by atoms with Gasteiger partial charge in [-0.15, -0.1) is 0 Å². The first-order valence-electron chi connectivity index (χ1n) is 7.08. The zero-order chi connectivity index (χ0) is 16.7. The van der Waals surface area contributed by atoms with Crippen molar-refractivity contribution in [3.05, 3.63) is 59.7 Å². The third kappa shape index (κ3) is 4.78. The summed E-state index contributed by atoms with van der Waals surface area (Å²) in [5, 5.41) is 12.3. The van der Waals surface area contributed by atoms with E-state index in [-0.39, 0.29) is 11.7 Å². The molecule has 0 saturated heterocycles. The second-order valence-electron chi connectivity index (χ2n) is 4.83. The summed E-state index contributed by atoms with van der Waals surface area (Å²) < 4.78 is 10.2. The van der Waals surface area contributed by atoms with Crippen molar-refractivity contribution in [3.63, 3.8) is 0 Å². The Balaban J connectivity index is 1.93. The second kappa shape index (κ2) is 7.89. The molecule has 0 spiro atoms. The molecule has 2 aromatic rings. The van der Waals surface area contributed by atoms with Crippen molar-refractivity contribution >= 4 is 12.0 Å². The van der Waals surface area contributed by atoms with Crippen LogP contribution in [-0.4, -0.2) is 25.2 Å². The van der Waals surface area contributed by atoms with E-state index < -0.39 is 0 Å². The highest BCUT2D eigenvalue weighted by Gasteiger charge is 2.02. The molecule has 0 unspecified atom stereocenters. The Bertz CT molecular complexity index is 710. The third-order valence-corrected chi connectivity index (χ3v) is 3.23. The van der Waals surface area contributed by atoms with Crippen LogP contribution >= 0.6 is 0 Å². The molecule has 0 fully saturated rings. The van der Waals surface area contributed by atoms with E-state index in [2.05, 4.69) is 5.32 Å². The van der Waals surface area contributed by atoms with Crippen LogP contribution in [0.25, 0.3) is 6.08 Å². The summed E-state index contributed by atoms with van der Waals surface area (Å²) in [5.41, 5.74) is 1.72. The quantitative estimate of drug-likeness (QED) is 0.805. The molecule has 0 aliphatic carbocycles. The molecule has 0 heterocycles. The van der Waals surface area contributed by atoms with Gasteiger partial charge in [0.05, 0.1) is 14.2 Å². The van der Waals surface area contributed by atoms with Crippen molar-refractivity contribution in [1.82, 2.24) is 5.32 Å². The number of benzene rings is 2. The largest absolute Gasteiger partial charge is 0.504 e. The van der Waals surface area contributed by atoms with Crippen molar-refractivity contribution in [1.29, 1.82) is 0 Å². The third-order valence-electron chi connectivity index (χ3n) is 3.23. The SMILES string of the molecule is COc1cccc(CNC(=O)/C=C/c2ccc(O)c(OC)c2)c1. The van der Waals surface area contributed by atoms with Crippen LogP contribution in [0.1, 0.15) is 11.1 Å². The molecule has 1 amide bonds. The Morgan fingerprint density at radius 1 is 1.17 bits per heavy atom. The fraction of sp³-hybridized carbons (Fsp3) is 0.167. The maximum absolute atomic E-state index is 11.9. The number of nitrogens with one attached hydrogen (secondary N) is 1. The van der Waals surface area contributed by atoms with Crippen LogP contribution in [0.5, 0.6) is 17.2 Å². The van der Waals surface area contributed by atoms with Gasteiger partial charge in [0, 0.05) is 12.6 Å². The van der Waals surface area contributed by atoms with Gasteiger partial charge in [-0.1, -0.05) is 18.2 Å². The van der Waals surface area contributed by atoms with E-state index in [9.17, 15) is 9.90 Å². The number of phenols is 1. The summed E-state index contributed by atoms with van der Waals surface area (Å²) in [6.45, 7) is 0.416. The number of aromatic hydroxyl groups is 1. The predicted octanol–water partition coefficient (Wildman–Crippen LogP) is 2.74. The first-order chi connectivity index (χ1) is 11.1. The lowest BCUT2D eigenvalue weighted by Crippen LogP contribution is -2.20. The minimum Gasteiger partial charge on any atom is -0.504 e. The van der Waals surface area contributed by atoms with Crippen molar-refractivity contribution < 1.29 is 19.4 Å². The Morgan fingerprint density at radius 2 is 2.00 bits per heavy atom. The fourth-order valence-corrected chi connectivity index (χ4v) is 2.00. The van der Waals surface area contributed by atoms with Gasteiger partial charge in [-0.2, -0.15) is 0 Å². The van der Waals surface area contributed by atoms with Gasteiger partial charge in [0.2, 0.25) is 5.91 Å². The zero-order valence-electron chi connectivity index (χ0n) is 13.1. The summed E-state index contributed by atoms with van der Waals surface area (Å²) in [6.07, 6.45) is 3.09. The average molecular weight is 313 g/mol. The van der Waals surface area contributed by atoms with E-state index in [1.165, 1.54) is 19.3 Å². The fourth-order valence-electron chi connectivity index (χ4n) is 2.00. The highest BCUT2D eigenvalue weighted by Crippen LogP contribution is 2.26. The van der Waals surface area contributed by atoms with Gasteiger partial charge >= 0.3 is 0 Å². The monoisotopic (exact) mass is 313 g/mol. The van der Waals surface area contributed by atoms with Crippen LogP contribution in [0, 0.1) is 0 Å². The molecular formula is C18H19NO4. The maximum Gasteiger partial charge on any atom is 0.244 e. The van der Waals surface area contributed by atoms with Crippen LogP contribution in [-0.2, 0) is 11.3 Å². The van der Waals surface area contributed by atoms with E-state index in [0.29, 0.717) is 12.3 Å². The van der Waals surface area contributed by atoms with E-state index in [0.717, 1.165) is 16.9 Å². The number of ether oxygens (including phenoxy) is 2. The minimum absolute atomic E-state index is 0.0622. The first-order valence-corrected chi connectivity index (χ1v) is 7.08. The Kier molecular flexibility index (Phi) is 5.63. The number of methoxy groups -OCH3 is 2. The van der Waals surface area contributed by atoms with Gasteiger partial charge < -0.3 is 19.9 Å². The van der Waals surface area contributed by atoms with Crippen molar-refractivity contribution in [2.24, 2.45) is 0 Å². The van der Waals surface area contributed by atoms with Gasteiger partial charge in [0.15, 0.2) is 11.5 Å². The molecule has 5 heteroatoms. The summed E-state index contributed by atoms with van der Waals surface area (Å²) in [6, 6.07) is 12.4. The molecule has 2 aromatic carbocycles. The van der Waals surface area contributed by atoms with Crippen LogP contribution in [0.3, 0.4) is 0 Å². The molecule has 120 valence electrons. The number of hydrogen-bond donors (Lipinski definition) is 2. The van der Waals surface area contributed by atoms with Crippen molar-refractivity contribution in [2.75, 3.05) is 14.2 Å². The van der Waals surface area contributed by atoms with Crippen LogP contribution in [0.15, 0.2) is 48.5 Å². The van der Waals surface area contributed by atoms with Crippen LogP contribution < -0.4 is 14.8 Å². The number of amides is 1. The number of hydrogen-bond acceptors (Lipinski definition) is 4. The van der Waals surface area contributed by atoms with E-state index in [4.69, 9.17) is 9.47 Å². The minimum atomic E-state index is -0.208. The molecule has 23 heavy (non-hydrogen) atoms. The molecule has 0 atom stereocenters. The smallest absolute Gasteiger partial charge is 0.244 e. The number of phenolic OH excluding ortho intramolecular Hbond substituents is 1. The predicted molar refractivity (Wildman–Crippen MR) is 88.5 cm³/mol. The number of rotatable bonds is 6. The Labute approximate surface area is 135 Å². The summed E-state index contributed by atoms with van der Waals surface area (Å²) in [5.74, 6) is 0.972. The lowest BCUT2D eigenvalue weighted by Gasteiger charge is -2.05. The molecule has 0 radical (unpaired) electrons. The Morgan fingerprint density at radius 3 is 2.74 bits per heavy atom. The molecule has 2 N–H and O–H groups in total. The van der Waals surface area contributed by atoms with E-state index >= 15 is 0 Å². The molecule has 5 nitrogen and oxygen atoms in total. The van der Waals surface area contributed by atoms with E-state index in [1.54, 1.807) is 25.3 Å². The molecule has 0 bridgehead atoms. The van der Waals surface area contributed by atoms with Gasteiger partial charge in [0.25, 0.3) is 0 Å². The topological polar surface area (TPSA) is 67.8 Å². The van der Waals surface area contributed by atoms with E-state index in [1.807, 2.05) is 24.3 Å². The van der Waals surface area contributed by atoms with Gasteiger partial charge in [-0.25, -0.2) is 0 Å². The van der Waals surface area contributed by atoms with Gasteiger partial charge in [0.1, 0.15) is 5.75 Å². The zero-order valence-corrected chi connectivity index (χ0v) is 13.1. The lowest BCUT2D eigenvalue weighted by atomic mass is 10.2. The lowest BCUT2D eigenvalue weighted by molar-refractivity contribution is -0.116. The Hall–Kier alpha value is -2.95. The first kappa shape index (κ1) is 16.4. The standard InChI is InChI=1S/C18H19NO4/c1-22-15-5-3-4-14(10-15)12-19-18(21)9-7-13-6-8-16(20)17(11-13)23-2/h3-11,20H,12H2,1-2H3,(H,19,21)/b9-7+. The molecule has 0 aliphatic rings. The molecular weight excluding hydrogens is 294 g/mol. The summed E-state index contributed by atoms with van der Waals surface area (Å²) in [4.78, 5) is 11.9. The molecule has 0 aromatic heterocycles. The molecule has 2 rings (SSSR count). The van der Waals surface area contributed by atoms with Crippen molar-refractivity contribution in [3.8, 4) is 17.2 Å². The summed E-state index contributed by atoms with van der Waals surface area (Å²) in [7, 11) is 3.08. The van der Waals surface area contributed by atoms with Gasteiger partial charge in [-0.3, -0.25) is 4.79 Å². The molecule has 0 aliphatic heterocycles. The maximum atomic E-state index is 11.9. The van der Waals surface area contributed by atoms with Crippen LogP contribution in [0.4, 0.5) is 0 Å². The normalized spacial score (nSPS) is 10.5.